The van der Waals surface area contributed by atoms with Crippen LogP contribution in [0.1, 0.15) is 34.5 Å². The normalized spacial score (nSPS) is 13.6. The second-order valence-electron chi connectivity index (χ2n) is 6.14. The van der Waals surface area contributed by atoms with Crippen molar-refractivity contribution in [3.05, 3.63) is 76.5 Å². The fourth-order valence-electron chi connectivity index (χ4n) is 3.04. The van der Waals surface area contributed by atoms with Crippen molar-refractivity contribution >= 4 is 17.4 Å². The predicted octanol–water partition coefficient (Wildman–Crippen LogP) is 5.70. The number of carbonyl (C=O) groups excluding carboxylic acids is 1. The summed E-state index contributed by atoms with van der Waals surface area (Å²) in [5.41, 5.74) is 2.64. The zero-order valence-corrected chi connectivity index (χ0v) is 14.4. The van der Waals surface area contributed by atoms with E-state index in [2.05, 4.69) is 0 Å². The van der Waals surface area contributed by atoms with Gasteiger partial charge in [-0.05, 0) is 36.2 Å². The number of halogens is 1. The zero-order chi connectivity index (χ0) is 17.2. The Morgan fingerprint density at radius 3 is 2.64 bits per heavy atom. The van der Waals surface area contributed by atoms with Gasteiger partial charge in [0, 0.05) is 18.4 Å². The number of ether oxygens (including phenoxy) is 1. The lowest BCUT2D eigenvalue weighted by molar-refractivity contribution is 0.0969. The van der Waals surface area contributed by atoms with Crippen LogP contribution in [-0.2, 0) is 13.0 Å². The van der Waals surface area contributed by atoms with Gasteiger partial charge >= 0.3 is 0 Å². The highest BCUT2D eigenvalue weighted by Gasteiger charge is 2.22. The van der Waals surface area contributed by atoms with Crippen molar-refractivity contribution < 1.29 is 13.9 Å². The van der Waals surface area contributed by atoms with Gasteiger partial charge in [-0.2, -0.15) is 0 Å². The average molecular weight is 353 g/mol. The molecule has 0 radical (unpaired) electrons. The van der Waals surface area contributed by atoms with Crippen LogP contribution in [-0.4, -0.2) is 5.78 Å². The van der Waals surface area contributed by atoms with Crippen LogP contribution in [0.2, 0.25) is 5.02 Å². The van der Waals surface area contributed by atoms with Gasteiger partial charge in [0.25, 0.3) is 0 Å². The first-order valence-corrected chi connectivity index (χ1v) is 8.71. The van der Waals surface area contributed by atoms with Gasteiger partial charge in [-0.3, -0.25) is 4.79 Å². The molecule has 0 spiro atoms. The Hall–Kier alpha value is -2.52. The Morgan fingerprint density at radius 2 is 1.88 bits per heavy atom. The van der Waals surface area contributed by atoms with E-state index < -0.39 is 0 Å². The number of benzene rings is 2. The minimum atomic E-state index is 0.158. The molecule has 1 aliphatic carbocycles. The first-order chi connectivity index (χ1) is 12.2. The van der Waals surface area contributed by atoms with Crippen molar-refractivity contribution in [2.24, 2.45) is 0 Å². The number of carbonyl (C=O) groups is 1. The third-order valence-electron chi connectivity index (χ3n) is 4.37. The highest BCUT2D eigenvalue weighted by Crippen LogP contribution is 2.34. The van der Waals surface area contributed by atoms with E-state index in [9.17, 15) is 4.79 Å². The van der Waals surface area contributed by atoms with Crippen molar-refractivity contribution in [1.82, 2.24) is 0 Å². The monoisotopic (exact) mass is 352 g/mol. The Kier molecular flexibility index (Phi) is 4.33. The van der Waals surface area contributed by atoms with Gasteiger partial charge in [0.15, 0.2) is 5.78 Å². The molecule has 4 heteroatoms. The Morgan fingerprint density at radius 1 is 1.04 bits per heavy atom. The molecule has 0 fully saturated rings. The molecule has 0 unspecified atom stereocenters. The standard InChI is InChI=1S/C21H17ClO3/c22-17-11-15(21-12-16-18(23)7-4-8-19(16)25-21)9-10-20(17)24-13-14-5-2-1-3-6-14/h1-3,5-6,9-12H,4,7-8,13H2. The van der Waals surface area contributed by atoms with E-state index >= 15 is 0 Å². The smallest absolute Gasteiger partial charge is 0.166 e. The molecule has 0 aliphatic heterocycles. The molecule has 25 heavy (non-hydrogen) atoms. The lowest BCUT2D eigenvalue weighted by atomic mass is 9.97. The van der Waals surface area contributed by atoms with E-state index in [0.717, 1.165) is 29.7 Å². The molecule has 0 saturated heterocycles. The maximum Gasteiger partial charge on any atom is 0.166 e. The maximum atomic E-state index is 12.0. The molecule has 126 valence electrons. The Labute approximate surface area is 151 Å². The molecule has 0 saturated carbocycles. The summed E-state index contributed by atoms with van der Waals surface area (Å²) in [5, 5.41) is 0.522. The molecule has 0 bridgehead atoms. The third-order valence-corrected chi connectivity index (χ3v) is 4.67. The van der Waals surface area contributed by atoms with Gasteiger partial charge in [-0.15, -0.1) is 0 Å². The maximum absolute atomic E-state index is 12.0. The number of furan rings is 1. The molecule has 3 nitrogen and oxygen atoms in total. The van der Waals surface area contributed by atoms with E-state index in [4.69, 9.17) is 20.8 Å². The van der Waals surface area contributed by atoms with Gasteiger partial charge in [0.05, 0.1) is 10.6 Å². The van der Waals surface area contributed by atoms with Crippen molar-refractivity contribution in [2.75, 3.05) is 0 Å². The van der Waals surface area contributed by atoms with Crippen LogP contribution >= 0.6 is 11.6 Å². The largest absolute Gasteiger partial charge is 0.487 e. The minimum absolute atomic E-state index is 0.158. The van der Waals surface area contributed by atoms with Crippen LogP contribution in [0.3, 0.4) is 0 Å². The number of fused-ring (bicyclic) bond motifs is 1. The predicted molar refractivity (Wildman–Crippen MR) is 97.2 cm³/mol. The van der Waals surface area contributed by atoms with Crippen molar-refractivity contribution in [3.63, 3.8) is 0 Å². The first kappa shape index (κ1) is 16.0. The molecule has 0 atom stereocenters. The van der Waals surface area contributed by atoms with E-state index in [1.165, 1.54) is 0 Å². The quantitative estimate of drug-likeness (QED) is 0.604. The lowest BCUT2D eigenvalue weighted by Gasteiger charge is -2.09. The highest BCUT2D eigenvalue weighted by molar-refractivity contribution is 6.32. The van der Waals surface area contributed by atoms with E-state index in [-0.39, 0.29) is 5.78 Å². The summed E-state index contributed by atoms with van der Waals surface area (Å²) in [6, 6.07) is 17.3. The second kappa shape index (κ2) is 6.77. The van der Waals surface area contributed by atoms with Crippen molar-refractivity contribution in [1.29, 1.82) is 0 Å². The number of hydrogen-bond acceptors (Lipinski definition) is 3. The van der Waals surface area contributed by atoms with Gasteiger partial charge < -0.3 is 9.15 Å². The van der Waals surface area contributed by atoms with E-state index in [0.29, 0.717) is 35.1 Å². The van der Waals surface area contributed by atoms with Gasteiger partial charge in [0.2, 0.25) is 0 Å². The van der Waals surface area contributed by atoms with Crippen molar-refractivity contribution in [3.8, 4) is 17.1 Å². The van der Waals surface area contributed by atoms with E-state index in [1.807, 2.05) is 54.6 Å². The summed E-state index contributed by atoms with van der Waals surface area (Å²) in [6.07, 6.45) is 2.26. The van der Waals surface area contributed by atoms with Crippen LogP contribution in [0.5, 0.6) is 5.75 Å². The fourth-order valence-corrected chi connectivity index (χ4v) is 3.28. The SMILES string of the molecule is O=C1CCCc2oc(-c3ccc(OCc4ccccc4)c(Cl)c3)cc21. The third kappa shape index (κ3) is 3.33. The molecule has 4 rings (SSSR count). The second-order valence-corrected chi connectivity index (χ2v) is 6.55. The first-order valence-electron chi connectivity index (χ1n) is 8.33. The summed E-state index contributed by atoms with van der Waals surface area (Å²) in [7, 11) is 0. The minimum Gasteiger partial charge on any atom is -0.487 e. The van der Waals surface area contributed by atoms with Gasteiger partial charge in [-0.1, -0.05) is 41.9 Å². The number of ketones is 1. The number of aryl methyl sites for hydroxylation is 1. The molecule has 0 N–H and O–H groups in total. The van der Waals surface area contributed by atoms with Crippen LogP contribution in [0.4, 0.5) is 0 Å². The van der Waals surface area contributed by atoms with Crippen LogP contribution < -0.4 is 4.74 Å². The van der Waals surface area contributed by atoms with Crippen LogP contribution in [0.25, 0.3) is 11.3 Å². The summed E-state index contributed by atoms with van der Waals surface area (Å²) in [5.74, 6) is 2.25. The van der Waals surface area contributed by atoms with Crippen LogP contribution in [0.15, 0.2) is 59.0 Å². The number of Topliss-reactive ketones (excluding diaryl/α,β-unsaturated/α-hetero) is 1. The summed E-state index contributed by atoms with van der Waals surface area (Å²) in [6.45, 7) is 0.462. The van der Waals surface area contributed by atoms with Crippen molar-refractivity contribution in [2.45, 2.75) is 25.9 Å². The summed E-state index contributed by atoms with van der Waals surface area (Å²) >= 11 is 6.37. The van der Waals surface area contributed by atoms with Gasteiger partial charge in [0.1, 0.15) is 23.9 Å². The highest BCUT2D eigenvalue weighted by atomic mass is 35.5. The molecule has 0 amide bonds. The molecule has 1 aromatic heterocycles. The average Bonchev–Trinajstić information content (AvgIpc) is 3.07. The van der Waals surface area contributed by atoms with E-state index in [1.54, 1.807) is 0 Å². The molecular formula is C21H17ClO3. The van der Waals surface area contributed by atoms with Crippen LogP contribution in [0, 0.1) is 0 Å². The van der Waals surface area contributed by atoms with Gasteiger partial charge in [-0.25, -0.2) is 0 Å². The molecule has 1 aliphatic rings. The lowest BCUT2D eigenvalue weighted by Crippen LogP contribution is -2.07. The summed E-state index contributed by atoms with van der Waals surface area (Å²) < 4.78 is 11.7. The molecule has 1 heterocycles. The molecule has 3 aromatic rings. The molecule has 2 aromatic carbocycles. The summed E-state index contributed by atoms with van der Waals surface area (Å²) in [4.78, 5) is 12.0. The zero-order valence-electron chi connectivity index (χ0n) is 13.6. The fraction of sp³-hybridized carbons (Fsp3) is 0.190. The number of rotatable bonds is 4. The Bertz CT molecular complexity index is 912. The Balaban J connectivity index is 1.55. The molecular weight excluding hydrogens is 336 g/mol. The topological polar surface area (TPSA) is 39.4 Å². The number of hydrogen-bond donors (Lipinski definition) is 0.